The van der Waals surface area contributed by atoms with Crippen LogP contribution in [0.4, 0.5) is 13.2 Å². The number of hydrogen-bond acceptors (Lipinski definition) is 3. The SMILES string of the molecule is CCCCCCCC[P+](CCCCCCCC)(CCCCCCCC)OC(=O)C(F)(F)F.N. The van der Waals surface area contributed by atoms with Crippen LogP contribution in [-0.2, 0) is 9.32 Å². The van der Waals surface area contributed by atoms with Gasteiger partial charge in [0.25, 0.3) is 0 Å². The number of carbonyl (C=O) groups is 1. The van der Waals surface area contributed by atoms with E-state index in [0.29, 0.717) is 18.5 Å². The lowest BCUT2D eigenvalue weighted by Crippen LogP contribution is -2.28. The number of carbonyl (C=O) groups excluding carboxylic acids is 1. The van der Waals surface area contributed by atoms with E-state index in [4.69, 9.17) is 4.52 Å². The molecule has 33 heavy (non-hydrogen) atoms. The number of alkyl halides is 3. The van der Waals surface area contributed by atoms with Crippen LogP contribution in [0.2, 0.25) is 0 Å². The van der Waals surface area contributed by atoms with Crippen molar-refractivity contribution in [1.29, 1.82) is 0 Å². The zero-order chi connectivity index (χ0) is 24.1. The van der Waals surface area contributed by atoms with Gasteiger partial charge in [0.2, 0.25) is 0 Å². The Hall–Kier alpha value is -0.350. The first kappa shape index (κ1) is 34.8. The second-order valence-corrected chi connectivity index (χ2v) is 13.0. The van der Waals surface area contributed by atoms with Crippen molar-refractivity contribution < 1.29 is 22.5 Å². The van der Waals surface area contributed by atoms with Crippen LogP contribution in [0.25, 0.3) is 0 Å². The summed E-state index contributed by atoms with van der Waals surface area (Å²) in [6.45, 7) is 6.52. The third-order valence-electron chi connectivity index (χ3n) is 6.27. The minimum atomic E-state index is -4.89. The van der Waals surface area contributed by atoms with Gasteiger partial charge in [-0.15, -0.1) is 0 Å². The Bertz CT molecular complexity index is 407. The van der Waals surface area contributed by atoms with Gasteiger partial charge in [-0.2, -0.15) is 13.2 Å². The average molecular weight is 501 g/mol. The molecule has 0 spiro atoms. The number of halogens is 3. The van der Waals surface area contributed by atoms with Gasteiger partial charge in [0.1, 0.15) is 0 Å². The van der Waals surface area contributed by atoms with E-state index in [2.05, 4.69) is 20.8 Å². The van der Waals surface area contributed by atoms with E-state index in [1.165, 1.54) is 57.8 Å². The molecule has 0 saturated carbocycles. The van der Waals surface area contributed by atoms with Gasteiger partial charge in [0.15, 0.2) is 7.49 Å². The largest absolute Gasteiger partial charge is 0.495 e. The molecule has 0 aliphatic carbocycles. The maximum Gasteiger partial charge on any atom is 0.495 e. The quantitative estimate of drug-likeness (QED) is 0.119. The predicted molar refractivity (Wildman–Crippen MR) is 139 cm³/mol. The van der Waals surface area contributed by atoms with Crippen molar-refractivity contribution in [2.45, 2.75) is 143 Å². The molecule has 0 aliphatic rings. The fourth-order valence-corrected chi connectivity index (χ4v) is 8.04. The first-order valence-electron chi connectivity index (χ1n) is 13.5. The summed E-state index contributed by atoms with van der Waals surface area (Å²) < 4.78 is 44.8. The molecule has 3 nitrogen and oxygen atoms in total. The standard InChI is InChI=1S/C26H51F3O2P.H3N/c1-4-7-10-13-16-19-22-32(31-25(30)26(27,28)29,23-20-17-14-11-8-5-2)24-21-18-15-12-9-6-3;/h4-24H2,1-3H3;1H3/q+1;. The van der Waals surface area contributed by atoms with E-state index in [1.807, 2.05) is 0 Å². The molecule has 0 atom stereocenters. The predicted octanol–water partition coefficient (Wildman–Crippen LogP) is 10.3. The lowest BCUT2D eigenvalue weighted by atomic mass is 10.1. The number of rotatable bonds is 22. The summed E-state index contributed by atoms with van der Waals surface area (Å²) in [5.74, 6) is -1.95. The first-order chi connectivity index (χ1) is 15.3. The lowest BCUT2D eigenvalue weighted by Gasteiger charge is -2.26. The molecule has 0 bridgehead atoms. The zero-order valence-electron chi connectivity index (χ0n) is 22.0. The van der Waals surface area contributed by atoms with Crippen molar-refractivity contribution in [2.24, 2.45) is 0 Å². The van der Waals surface area contributed by atoms with E-state index in [0.717, 1.165) is 57.8 Å². The second kappa shape index (κ2) is 22.1. The van der Waals surface area contributed by atoms with E-state index < -0.39 is 19.6 Å². The van der Waals surface area contributed by atoms with E-state index in [1.54, 1.807) is 0 Å². The Morgan fingerprint density at radius 2 is 0.848 bits per heavy atom. The van der Waals surface area contributed by atoms with Crippen LogP contribution < -0.4 is 6.15 Å². The van der Waals surface area contributed by atoms with Crippen molar-refractivity contribution in [3.63, 3.8) is 0 Å². The zero-order valence-corrected chi connectivity index (χ0v) is 22.8. The Morgan fingerprint density at radius 3 is 1.12 bits per heavy atom. The van der Waals surface area contributed by atoms with Gasteiger partial charge >= 0.3 is 12.1 Å². The van der Waals surface area contributed by atoms with Crippen molar-refractivity contribution in [2.75, 3.05) is 18.5 Å². The molecule has 7 heteroatoms. The van der Waals surface area contributed by atoms with Crippen LogP contribution in [0.3, 0.4) is 0 Å². The maximum absolute atomic E-state index is 13.1. The summed E-state index contributed by atoms with van der Waals surface area (Å²) >= 11 is 0. The van der Waals surface area contributed by atoms with E-state index >= 15 is 0 Å². The van der Waals surface area contributed by atoms with Crippen molar-refractivity contribution in [3.8, 4) is 0 Å². The maximum atomic E-state index is 13.1. The number of unbranched alkanes of at least 4 members (excludes halogenated alkanes) is 15. The van der Waals surface area contributed by atoms with Gasteiger partial charge in [-0.25, -0.2) is 4.79 Å². The monoisotopic (exact) mass is 500 g/mol. The molecule has 0 unspecified atom stereocenters. The smallest absolute Gasteiger partial charge is 0.344 e. The van der Waals surface area contributed by atoms with Crippen LogP contribution >= 0.6 is 7.49 Å². The highest BCUT2D eigenvalue weighted by molar-refractivity contribution is 7.71. The second-order valence-electron chi connectivity index (χ2n) is 9.41. The molecule has 0 fully saturated rings. The molecule has 0 radical (unpaired) electrons. The molecule has 0 amide bonds. The summed E-state index contributed by atoms with van der Waals surface area (Å²) in [5, 5.41) is 0. The highest BCUT2D eigenvalue weighted by Crippen LogP contribution is 2.62. The van der Waals surface area contributed by atoms with Gasteiger partial charge < -0.3 is 10.7 Å². The van der Waals surface area contributed by atoms with Crippen LogP contribution in [-0.4, -0.2) is 30.6 Å². The Balaban J connectivity index is 0. The minimum absolute atomic E-state index is 0. The molecule has 0 aromatic rings. The van der Waals surface area contributed by atoms with Gasteiger partial charge in [0.05, 0.1) is 18.5 Å². The first-order valence-corrected chi connectivity index (χ1v) is 15.7. The van der Waals surface area contributed by atoms with Gasteiger partial charge in [-0.05, 0) is 38.5 Å². The Morgan fingerprint density at radius 1 is 0.576 bits per heavy atom. The van der Waals surface area contributed by atoms with Crippen LogP contribution in [0.15, 0.2) is 0 Å². The van der Waals surface area contributed by atoms with E-state index in [-0.39, 0.29) is 6.15 Å². The van der Waals surface area contributed by atoms with Crippen LogP contribution in [0.1, 0.15) is 136 Å². The van der Waals surface area contributed by atoms with Gasteiger partial charge in [-0.1, -0.05) is 97.8 Å². The Kier molecular flexibility index (Phi) is 23.4. The summed E-state index contributed by atoms with van der Waals surface area (Å²) in [4.78, 5) is 11.9. The molecule has 0 aromatic heterocycles. The van der Waals surface area contributed by atoms with Gasteiger partial charge in [-0.3, -0.25) is 0 Å². The molecule has 0 saturated heterocycles. The molecular weight excluding hydrogens is 446 g/mol. The molecule has 0 aromatic carbocycles. The summed E-state index contributed by atoms with van der Waals surface area (Å²) in [6.07, 6.45) is 16.9. The minimum Gasteiger partial charge on any atom is -0.344 e. The lowest BCUT2D eigenvalue weighted by molar-refractivity contribution is -0.189. The molecule has 0 rings (SSSR count). The molecule has 200 valence electrons. The fraction of sp³-hybridized carbons (Fsp3) is 0.962. The van der Waals surface area contributed by atoms with Gasteiger partial charge in [0, 0.05) is 0 Å². The third kappa shape index (κ3) is 19.6. The highest BCUT2D eigenvalue weighted by Gasteiger charge is 2.50. The summed E-state index contributed by atoms with van der Waals surface area (Å²) in [6, 6.07) is 0. The summed E-state index contributed by atoms with van der Waals surface area (Å²) in [5.41, 5.74) is 0. The molecular formula is C26H54F3NO2P+. The van der Waals surface area contributed by atoms with E-state index in [9.17, 15) is 18.0 Å². The highest BCUT2D eigenvalue weighted by atomic mass is 31.2. The third-order valence-corrected chi connectivity index (χ3v) is 10.2. The topological polar surface area (TPSA) is 61.3 Å². The van der Waals surface area contributed by atoms with Crippen molar-refractivity contribution >= 4 is 13.5 Å². The van der Waals surface area contributed by atoms with Crippen LogP contribution in [0, 0.1) is 0 Å². The van der Waals surface area contributed by atoms with Crippen molar-refractivity contribution in [1.82, 2.24) is 6.15 Å². The molecule has 0 aliphatic heterocycles. The normalized spacial score (nSPS) is 11.9. The summed E-state index contributed by atoms with van der Waals surface area (Å²) in [7, 11) is -2.39. The fourth-order valence-electron chi connectivity index (χ4n) is 4.24. The average Bonchev–Trinajstić information content (AvgIpc) is 2.75. The molecule has 0 heterocycles. The molecule has 3 N–H and O–H groups in total. The number of hydrogen-bond donors (Lipinski definition) is 1. The van der Waals surface area contributed by atoms with Crippen LogP contribution in [0.5, 0.6) is 0 Å². The Labute approximate surface area is 203 Å². The van der Waals surface area contributed by atoms with Crippen molar-refractivity contribution in [3.05, 3.63) is 0 Å².